The first kappa shape index (κ1) is 16.1. The Morgan fingerprint density at radius 2 is 1.47 bits per heavy atom. The van der Waals surface area contributed by atoms with Crippen LogP contribution in [0.5, 0.6) is 0 Å². The highest BCUT2D eigenvalue weighted by molar-refractivity contribution is 5.41. The van der Waals surface area contributed by atoms with Gasteiger partial charge in [-0.15, -0.1) is 0 Å². The van der Waals surface area contributed by atoms with E-state index in [0.29, 0.717) is 12.9 Å². The fraction of sp³-hybridized carbons (Fsp3) is 0.900. The van der Waals surface area contributed by atoms with Crippen LogP contribution in [0, 0.1) is 0 Å². The number of carbonyl (C=O) groups excluding carboxylic acids is 1. The van der Waals surface area contributed by atoms with Gasteiger partial charge in [-0.3, -0.25) is 0 Å². The van der Waals surface area contributed by atoms with Crippen LogP contribution in [0.3, 0.4) is 0 Å². The quantitative estimate of drug-likeness (QED) is 0.811. The van der Waals surface area contributed by atoms with Gasteiger partial charge >= 0.3 is 24.4 Å². The number of aliphatic hydroxyl groups is 1. The van der Waals surface area contributed by atoms with Crippen LogP contribution in [0.15, 0.2) is 0 Å². The van der Waals surface area contributed by atoms with Gasteiger partial charge in [0.05, 0.1) is 0 Å². The largest absolute Gasteiger partial charge is 0.446 e. The predicted molar refractivity (Wildman–Crippen MR) is 49.7 cm³/mol. The summed E-state index contributed by atoms with van der Waals surface area (Å²) in [6, 6.07) is 0. The first-order valence-corrected chi connectivity index (χ1v) is 5.43. The molecule has 0 amide bonds. The molecule has 0 bridgehead atoms. The summed E-state index contributed by atoms with van der Waals surface area (Å²) >= 11 is 0. The van der Waals surface area contributed by atoms with Crippen molar-refractivity contribution in [2.75, 3.05) is 0 Å². The van der Waals surface area contributed by atoms with E-state index >= 15 is 0 Å². The molecule has 19 heavy (non-hydrogen) atoms. The summed E-state index contributed by atoms with van der Waals surface area (Å²) in [5.41, 5.74) is -8.53. The summed E-state index contributed by atoms with van der Waals surface area (Å²) in [4.78, 5) is 10.2. The maximum absolute atomic E-state index is 14.1. The molecule has 0 aromatic rings. The van der Waals surface area contributed by atoms with Gasteiger partial charge in [0.1, 0.15) is 0 Å². The monoisotopic (exact) mass is 293 g/mol. The molecule has 1 saturated carbocycles. The molecule has 0 aromatic heterocycles. The average molecular weight is 293 g/mol. The fourth-order valence-corrected chi connectivity index (χ4v) is 2.42. The summed E-state index contributed by atoms with van der Waals surface area (Å²) in [5.74, 6) is 0. The Balaban J connectivity index is 3.38. The zero-order valence-electron chi connectivity index (χ0n) is 9.57. The van der Waals surface area contributed by atoms with E-state index in [1.54, 1.807) is 0 Å². The molecule has 0 spiro atoms. The highest BCUT2D eigenvalue weighted by Crippen LogP contribution is 2.56. The number of halogens is 6. The highest BCUT2D eigenvalue weighted by atomic mass is 19.4. The lowest BCUT2D eigenvalue weighted by molar-refractivity contribution is -0.409. The fourth-order valence-electron chi connectivity index (χ4n) is 2.42. The second-order valence-electron chi connectivity index (χ2n) is 4.44. The molecular weight excluding hydrogens is 282 g/mol. The summed E-state index contributed by atoms with van der Waals surface area (Å²) < 4.78 is 82.0. The van der Waals surface area contributed by atoms with Gasteiger partial charge in [0.2, 0.25) is 0 Å². The molecule has 0 aromatic carbocycles. The number of ether oxygens (including phenoxy) is 1. The maximum Gasteiger partial charge on any atom is 0.435 e. The Kier molecular flexibility index (Phi) is 4.09. The molecule has 0 saturated heterocycles. The minimum absolute atomic E-state index is 0.0422. The Morgan fingerprint density at radius 3 is 1.79 bits per heavy atom. The van der Waals surface area contributed by atoms with Crippen molar-refractivity contribution in [3.63, 3.8) is 0 Å². The molecule has 3 nitrogen and oxygen atoms in total. The molecule has 1 rings (SSSR count). The average Bonchev–Trinajstić information content (AvgIpc) is 2.26. The zero-order chi connectivity index (χ0) is 14.9. The number of hydrogen-bond acceptors (Lipinski definition) is 3. The van der Waals surface area contributed by atoms with Crippen molar-refractivity contribution < 1.29 is 41.0 Å². The van der Waals surface area contributed by atoms with Crippen molar-refractivity contribution in [1.29, 1.82) is 0 Å². The lowest BCUT2D eigenvalue weighted by Crippen LogP contribution is -2.70. The van der Waals surface area contributed by atoms with Gasteiger partial charge in [0.15, 0.2) is 5.60 Å². The van der Waals surface area contributed by atoms with Crippen LogP contribution >= 0.6 is 0 Å². The van der Waals surface area contributed by atoms with Gasteiger partial charge in [0, 0.05) is 0 Å². The molecule has 1 unspecified atom stereocenters. The summed E-state index contributed by atoms with van der Waals surface area (Å²) in [7, 11) is 0. The number of hydrogen-bond donors (Lipinski definition) is 1. The SMILES string of the molecule is O=[C]OC1(C(F)(C(O)(F)F)C(F)(F)F)CCCCC1. The third-order valence-electron chi connectivity index (χ3n) is 3.33. The highest BCUT2D eigenvalue weighted by Gasteiger charge is 2.81. The number of rotatable bonds is 4. The van der Waals surface area contributed by atoms with Crippen LogP contribution in [0.1, 0.15) is 32.1 Å². The van der Waals surface area contributed by atoms with Crippen LogP contribution in [0.2, 0.25) is 0 Å². The normalized spacial score (nSPS) is 23.5. The topological polar surface area (TPSA) is 46.5 Å². The summed E-state index contributed by atoms with van der Waals surface area (Å²) in [6.45, 7) is 0.594. The lowest BCUT2D eigenvalue weighted by Gasteiger charge is -2.47. The number of alkyl halides is 6. The molecular formula is C10H11F6O3. The maximum atomic E-state index is 14.1. The Labute approximate surface area is 104 Å². The molecule has 0 aliphatic heterocycles. The van der Waals surface area contributed by atoms with Crippen LogP contribution in [0.25, 0.3) is 0 Å². The van der Waals surface area contributed by atoms with E-state index in [-0.39, 0.29) is 12.8 Å². The van der Waals surface area contributed by atoms with Crippen molar-refractivity contribution >= 4 is 6.47 Å². The summed E-state index contributed by atoms with van der Waals surface area (Å²) in [5, 5.41) is 8.38. The molecule has 1 aliphatic rings. The standard InChI is InChI=1S/C10H11F6O3/c11-8(9(12,13)14,10(15,16)18)7(19-6-17)4-2-1-3-5-7/h18H,1-5H2. The third kappa shape index (κ3) is 2.39. The lowest BCUT2D eigenvalue weighted by atomic mass is 9.72. The Hall–Kier alpha value is -0.990. The van der Waals surface area contributed by atoms with Crippen LogP contribution in [-0.2, 0) is 9.53 Å². The van der Waals surface area contributed by atoms with E-state index in [4.69, 9.17) is 5.11 Å². The minimum atomic E-state index is -6.11. The van der Waals surface area contributed by atoms with E-state index in [0.717, 1.165) is 0 Å². The van der Waals surface area contributed by atoms with Crippen molar-refractivity contribution in [2.24, 2.45) is 0 Å². The molecule has 1 atom stereocenters. The Morgan fingerprint density at radius 1 is 1.00 bits per heavy atom. The molecule has 9 heteroatoms. The van der Waals surface area contributed by atoms with Crippen molar-refractivity contribution in [2.45, 2.75) is 55.7 Å². The van der Waals surface area contributed by atoms with Gasteiger partial charge in [-0.05, 0) is 25.7 Å². The Bertz CT molecular complexity index is 315. The van der Waals surface area contributed by atoms with Crippen molar-refractivity contribution in [3.05, 3.63) is 0 Å². The molecule has 1 aliphatic carbocycles. The van der Waals surface area contributed by atoms with E-state index < -0.39 is 36.4 Å². The molecule has 111 valence electrons. The van der Waals surface area contributed by atoms with Crippen LogP contribution in [-0.4, -0.2) is 35.1 Å². The van der Waals surface area contributed by atoms with Crippen LogP contribution in [0.4, 0.5) is 26.3 Å². The van der Waals surface area contributed by atoms with E-state index in [2.05, 4.69) is 4.74 Å². The first-order valence-electron chi connectivity index (χ1n) is 5.43. The predicted octanol–water partition coefficient (Wildman–Crippen LogP) is 2.63. The summed E-state index contributed by atoms with van der Waals surface area (Å²) in [6.07, 6.45) is -13.1. The van der Waals surface area contributed by atoms with E-state index in [1.165, 1.54) is 0 Å². The van der Waals surface area contributed by atoms with Gasteiger partial charge in [-0.2, -0.15) is 22.0 Å². The first-order chi connectivity index (χ1) is 8.52. The van der Waals surface area contributed by atoms with Crippen molar-refractivity contribution in [3.8, 4) is 0 Å². The van der Waals surface area contributed by atoms with Gasteiger partial charge < -0.3 is 9.84 Å². The van der Waals surface area contributed by atoms with Gasteiger partial charge in [-0.1, -0.05) is 6.42 Å². The molecule has 1 radical (unpaired) electrons. The van der Waals surface area contributed by atoms with Gasteiger partial charge in [0.25, 0.3) is 0 Å². The molecule has 1 fully saturated rings. The molecule has 1 N–H and O–H groups in total. The third-order valence-corrected chi connectivity index (χ3v) is 3.33. The van der Waals surface area contributed by atoms with Crippen LogP contribution < -0.4 is 0 Å². The second kappa shape index (κ2) is 4.84. The van der Waals surface area contributed by atoms with E-state index in [1.807, 2.05) is 0 Å². The smallest absolute Gasteiger partial charge is 0.435 e. The van der Waals surface area contributed by atoms with E-state index in [9.17, 15) is 31.1 Å². The second-order valence-corrected chi connectivity index (χ2v) is 4.44. The zero-order valence-corrected chi connectivity index (χ0v) is 9.57. The van der Waals surface area contributed by atoms with Gasteiger partial charge in [-0.25, -0.2) is 9.18 Å². The van der Waals surface area contributed by atoms with Crippen molar-refractivity contribution in [1.82, 2.24) is 0 Å². The molecule has 0 heterocycles. The minimum Gasteiger partial charge on any atom is -0.446 e.